The van der Waals surface area contributed by atoms with E-state index in [1.807, 2.05) is 6.92 Å². The molecule has 0 radical (unpaired) electrons. The Bertz CT molecular complexity index is 1040. The highest BCUT2D eigenvalue weighted by Gasteiger charge is 2.31. The summed E-state index contributed by atoms with van der Waals surface area (Å²) in [5, 5.41) is 10.9. The Morgan fingerprint density at radius 1 is 1.11 bits per heavy atom. The van der Waals surface area contributed by atoms with E-state index < -0.39 is 6.10 Å². The number of aliphatic hydroxyl groups is 1. The second-order valence-corrected chi connectivity index (χ2v) is 10.2. The van der Waals surface area contributed by atoms with Crippen LogP contribution >= 0.6 is 0 Å². The van der Waals surface area contributed by atoms with Crippen LogP contribution in [0.2, 0.25) is 0 Å². The summed E-state index contributed by atoms with van der Waals surface area (Å²) in [4.78, 5) is 24.1. The summed E-state index contributed by atoms with van der Waals surface area (Å²) >= 11 is 0. The Balaban J connectivity index is 1.21. The predicted molar refractivity (Wildman–Crippen MR) is 133 cm³/mol. The summed E-state index contributed by atoms with van der Waals surface area (Å²) in [6, 6.07) is 12.0. The number of ether oxygens (including phenoxy) is 2. The molecule has 8 nitrogen and oxygen atoms in total. The highest BCUT2D eigenvalue weighted by molar-refractivity contribution is 5.96. The van der Waals surface area contributed by atoms with Crippen molar-refractivity contribution in [3.8, 4) is 11.8 Å². The SMILES string of the molecule is CC1CN(CC(O)CN2CCc3ccccc3C2)C(=O)c2ccc(OC3CCN(C)CC3)nc2O1. The number of rotatable bonds is 6. The molecule has 5 rings (SSSR count). The number of fused-ring (bicyclic) bond motifs is 2. The summed E-state index contributed by atoms with van der Waals surface area (Å²) < 4.78 is 12.1. The number of β-amino-alcohol motifs (C(OH)–C–C–N with tert-alkyl or cyclic N) is 1. The van der Waals surface area contributed by atoms with Crippen molar-refractivity contribution in [2.24, 2.45) is 0 Å². The van der Waals surface area contributed by atoms with Gasteiger partial charge in [-0.2, -0.15) is 4.98 Å². The Hall–Kier alpha value is -2.68. The first-order chi connectivity index (χ1) is 16.9. The summed E-state index contributed by atoms with van der Waals surface area (Å²) in [5.74, 6) is 0.653. The van der Waals surface area contributed by atoms with E-state index in [9.17, 15) is 9.90 Å². The molecule has 1 amide bonds. The minimum Gasteiger partial charge on any atom is -0.474 e. The molecule has 2 aromatic rings. The van der Waals surface area contributed by atoms with Crippen LogP contribution in [0.1, 0.15) is 41.3 Å². The van der Waals surface area contributed by atoms with Crippen LogP contribution in [0.3, 0.4) is 0 Å². The van der Waals surface area contributed by atoms with E-state index in [2.05, 4.69) is 46.1 Å². The van der Waals surface area contributed by atoms with E-state index in [1.165, 1.54) is 11.1 Å². The van der Waals surface area contributed by atoms with Gasteiger partial charge in [-0.25, -0.2) is 0 Å². The Morgan fingerprint density at radius 3 is 2.69 bits per heavy atom. The van der Waals surface area contributed by atoms with Crippen LogP contribution in [0.15, 0.2) is 36.4 Å². The Labute approximate surface area is 207 Å². The maximum Gasteiger partial charge on any atom is 0.259 e. The molecule has 4 heterocycles. The summed E-state index contributed by atoms with van der Waals surface area (Å²) in [5.41, 5.74) is 3.12. The fraction of sp³-hybridized carbons (Fsp3) is 0.556. The minimum absolute atomic E-state index is 0.129. The highest BCUT2D eigenvalue weighted by atomic mass is 16.5. The van der Waals surface area contributed by atoms with Crippen molar-refractivity contribution in [3.63, 3.8) is 0 Å². The average molecular weight is 481 g/mol. The molecule has 3 aliphatic heterocycles. The van der Waals surface area contributed by atoms with E-state index in [0.29, 0.717) is 30.4 Å². The van der Waals surface area contributed by atoms with Crippen LogP contribution in [-0.2, 0) is 13.0 Å². The number of piperidine rings is 1. The Morgan fingerprint density at radius 2 is 1.89 bits per heavy atom. The fourth-order valence-corrected chi connectivity index (χ4v) is 5.28. The number of carbonyl (C=O) groups is 1. The van der Waals surface area contributed by atoms with Gasteiger partial charge in [0.25, 0.3) is 5.91 Å². The van der Waals surface area contributed by atoms with Crippen LogP contribution in [0.5, 0.6) is 11.8 Å². The van der Waals surface area contributed by atoms with Gasteiger partial charge in [-0.1, -0.05) is 24.3 Å². The first kappa shape index (κ1) is 24.0. The zero-order chi connectivity index (χ0) is 24.4. The van der Waals surface area contributed by atoms with E-state index in [-0.39, 0.29) is 24.7 Å². The molecular weight excluding hydrogens is 444 g/mol. The van der Waals surface area contributed by atoms with E-state index in [4.69, 9.17) is 9.47 Å². The molecule has 1 aromatic heterocycles. The predicted octanol–water partition coefficient (Wildman–Crippen LogP) is 2.20. The van der Waals surface area contributed by atoms with Gasteiger partial charge in [-0.05, 0) is 50.4 Å². The summed E-state index contributed by atoms with van der Waals surface area (Å²) in [6.07, 6.45) is 2.15. The molecule has 1 N–H and O–H groups in total. The summed E-state index contributed by atoms with van der Waals surface area (Å²) in [7, 11) is 2.12. The largest absolute Gasteiger partial charge is 0.474 e. The molecule has 8 heteroatoms. The van der Waals surface area contributed by atoms with Crippen LogP contribution in [0.25, 0.3) is 0 Å². The second kappa shape index (κ2) is 10.5. The lowest BCUT2D eigenvalue weighted by atomic mass is 10.00. The van der Waals surface area contributed by atoms with Gasteiger partial charge in [-0.15, -0.1) is 0 Å². The van der Waals surface area contributed by atoms with E-state index in [0.717, 1.165) is 45.4 Å². The van der Waals surface area contributed by atoms with Crippen molar-refractivity contribution in [2.45, 2.75) is 51.0 Å². The molecule has 2 atom stereocenters. The van der Waals surface area contributed by atoms with Crippen molar-refractivity contribution in [2.75, 3.05) is 46.3 Å². The van der Waals surface area contributed by atoms with Gasteiger partial charge in [0.1, 0.15) is 17.8 Å². The second-order valence-electron chi connectivity index (χ2n) is 10.2. The van der Waals surface area contributed by atoms with Crippen molar-refractivity contribution in [3.05, 3.63) is 53.1 Å². The van der Waals surface area contributed by atoms with Crippen LogP contribution in [0.4, 0.5) is 0 Å². The summed E-state index contributed by atoms with van der Waals surface area (Å²) in [6.45, 7) is 6.86. The van der Waals surface area contributed by atoms with Gasteiger partial charge in [0.05, 0.1) is 12.6 Å². The number of hydrogen-bond acceptors (Lipinski definition) is 7. The number of aromatic nitrogens is 1. The number of hydrogen-bond donors (Lipinski definition) is 1. The van der Waals surface area contributed by atoms with Crippen molar-refractivity contribution >= 4 is 5.91 Å². The smallest absolute Gasteiger partial charge is 0.259 e. The molecule has 1 fully saturated rings. The molecule has 1 aromatic carbocycles. The van der Waals surface area contributed by atoms with Gasteiger partial charge in [0, 0.05) is 45.3 Å². The zero-order valence-corrected chi connectivity index (χ0v) is 20.7. The van der Waals surface area contributed by atoms with Crippen molar-refractivity contribution in [1.29, 1.82) is 0 Å². The van der Waals surface area contributed by atoms with Gasteiger partial charge >= 0.3 is 0 Å². The lowest BCUT2D eigenvalue weighted by Gasteiger charge is -2.32. The third-order valence-electron chi connectivity index (χ3n) is 7.21. The molecule has 0 aliphatic carbocycles. The van der Waals surface area contributed by atoms with Gasteiger partial charge in [-0.3, -0.25) is 9.69 Å². The fourth-order valence-electron chi connectivity index (χ4n) is 5.28. The zero-order valence-electron chi connectivity index (χ0n) is 20.7. The number of likely N-dealkylation sites (tertiary alicyclic amines) is 1. The number of benzene rings is 1. The minimum atomic E-state index is -0.641. The normalized spacial score (nSPS) is 22.7. The number of pyridine rings is 1. The van der Waals surface area contributed by atoms with E-state index >= 15 is 0 Å². The highest BCUT2D eigenvalue weighted by Crippen LogP contribution is 2.28. The van der Waals surface area contributed by atoms with Crippen LogP contribution in [0, 0.1) is 0 Å². The number of carbonyl (C=O) groups excluding carboxylic acids is 1. The van der Waals surface area contributed by atoms with Crippen LogP contribution < -0.4 is 9.47 Å². The lowest BCUT2D eigenvalue weighted by molar-refractivity contribution is 0.0452. The maximum atomic E-state index is 13.3. The number of aliphatic hydroxyl groups excluding tert-OH is 1. The van der Waals surface area contributed by atoms with E-state index in [1.54, 1.807) is 17.0 Å². The number of amides is 1. The van der Waals surface area contributed by atoms with Gasteiger partial charge in [0.15, 0.2) is 0 Å². The molecule has 188 valence electrons. The maximum absolute atomic E-state index is 13.3. The molecule has 35 heavy (non-hydrogen) atoms. The standard InChI is InChI=1S/C27H36N4O4/c1-19-15-31(18-22(32)17-30-14-9-20-5-3-4-6-21(20)16-30)27(33)24-7-8-25(28-26(24)34-19)35-23-10-12-29(2)13-11-23/h3-8,19,22-23,32H,9-18H2,1-2H3. The first-order valence-corrected chi connectivity index (χ1v) is 12.7. The lowest BCUT2D eigenvalue weighted by Crippen LogP contribution is -2.45. The van der Waals surface area contributed by atoms with Gasteiger partial charge < -0.3 is 24.4 Å². The first-order valence-electron chi connectivity index (χ1n) is 12.7. The third kappa shape index (κ3) is 5.77. The molecule has 0 saturated carbocycles. The van der Waals surface area contributed by atoms with Crippen molar-refractivity contribution in [1.82, 2.24) is 19.7 Å². The quantitative estimate of drug-likeness (QED) is 0.679. The molecule has 1 saturated heterocycles. The number of nitrogens with zero attached hydrogens (tertiary/aromatic N) is 4. The molecule has 3 aliphatic rings. The van der Waals surface area contributed by atoms with Crippen molar-refractivity contribution < 1.29 is 19.4 Å². The molecule has 0 spiro atoms. The molecule has 0 bridgehead atoms. The molecular formula is C27H36N4O4. The monoisotopic (exact) mass is 480 g/mol. The average Bonchev–Trinajstić information content (AvgIpc) is 2.95. The van der Waals surface area contributed by atoms with Crippen LogP contribution in [-0.4, -0.2) is 95.3 Å². The van der Waals surface area contributed by atoms with Gasteiger partial charge in [0.2, 0.25) is 11.8 Å². The third-order valence-corrected chi connectivity index (χ3v) is 7.21. The Kier molecular flexibility index (Phi) is 7.22. The molecule has 2 unspecified atom stereocenters. The topological polar surface area (TPSA) is 78.4 Å².